The van der Waals surface area contributed by atoms with E-state index in [0.29, 0.717) is 0 Å². The van der Waals surface area contributed by atoms with Crippen LogP contribution >= 0.6 is 11.3 Å². The van der Waals surface area contributed by atoms with E-state index in [-0.39, 0.29) is 0 Å². The highest BCUT2D eigenvalue weighted by Crippen LogP contribution is 2.34. The van der Waals surface area contributed by atoms with Gasteiger partial charge in [0, 0.05) is 32.2 Å². The zero-order chi connectivity index (χ0) is 15.6. The highest BCUT2D eigenvalue weighted by Gasteiger charge is 2.26. The summed E-state index contributed by atoms with van der Waals surface area (Å²) in [6, 6.07) is 7.01. The molecule has 1 aromatic heterocycles. The van der Waals surface area contributed by atoms with Gasteiger partial charge in [0.15, 0.2) is 5.13 Å². The van der Waals surface area contributed by atoms with Crippen LogP contribution < -0.4 is 9.64 Å². The van der Waals surface area contributed by atoms with Crippen molar-refractivity contribution in [2.75, 3.05) is 38.2 Å². The molecule has 5 heteroatoms. The van der Waals surface area contributed by atoms with Crippen LogP contribution in [0.5, 0.6) is 5.75 Å². The summed E-state index contributed by atoms with van der Waals surface area (Å²) in [5.41, 5.74) is 1.00. The molecule has 4 nitrogen and oxygen atoms in total. The lowest BCUT2D eigenvalue weighted by molar-refractivity contribution is 0.148. The highest BCUT2D eigenvalue weighted by atomic mass is 32.1. The Kier molecular flexibility index (Phi) is 4.40. The molecular weight excluding hydrogens is 306 g/mol. The summed E-state index contributed by atoms with van der Waals surface area (Å²) in [6.07, 6.45) is 7.08. The molecule has 0 amide bonds. The van der Waals surface area contributed by atoms with Crippen LogP contribution in [-0.4, -0.2) is 49.2 Å². The van der Waals surface area contributed by atoms with E-state index in [2.05, 4.69) is 15.9 Å². The molecule has 2 fully saturated rings. The van der Waals surface area contributed by atoms with Crippen molar-refractivity contribution in [1.82, 2.24) is 9.88 Å². The van der Waals surface area contributed by atoms with Crippen LogP contribution in [0.25, 0.3) is 10.2 Å². The molecule has 0 atom stereocenters. The van der Waals surface area contributed by atoms with Crippen molar-refractivity contribution in [3.63, 3.8) is 0 Å². The van der Waals surface area contributed by atoms with Gasteiger partial charge in [0.25, 0.3) is 0 Å². The van der Waals surface area contributed by atoms with E-state index < -0.39 is 0 Å². The Morgan fingerprint density at radius 1 is 1.09 bits per heavy atom. The fraction of sp³-hybridized carbons (Fsp3) is 0.611. The van der Waals surface area contributed by atoms with Gasteiger partial charge in [-0.05, 0) is 25.0 Å². The topological polar surface area (TPSA) is 28.6 Å². The van der Waals surface area contributed by atoms with Crippen molar-refractivity contribution in [2.45, 2.75) is 38.1 Å². The Morgan fingerprint density at radius 3 is 2.61 bits per heavy atom. The summed E-state index contributed by atoms with van der Waals surface area (Å²) in [7, 11) is 1.72. The Hall–Kier alpha value is -1.33. The maximum atomic E-state index is 5.44. The van der Waals surface area contributed by atoms with E-state index in [0.717, 1.165) is 35.5 Å². The van der Waals surface area contributed by atoms with Gasteiger partial charge in [-0.1, -0.05) is 36.7 Å². The third kappa shape index (κ3) is 3.04. The molecule has 1 aliphatic carbocycles. The largest absolute Gasteiger partial charge is 0.494 e. The van der Waals surface area contributed by atoms with Crippen LogP contribution in [0.2, 0.25) is 0 Å². The smallest absolute Gasteiger partial charge is 0.186 e. The Balaban J connectivity index is 1.45. The first-order valence-corrected chi connectivity index (χ1v) is 9.59. The number of benzene rings is 1. The van der Waals surface area contributed by atoms with Crippen LogP contribution in [0, 0.1) is 0 Å². The first kappa shape index (κ1) is 15.2. The molecule has 124 valence electrons. The van der Waals surface area contributed by atoms with Crippen molar-refractivity contribution in [2.24, 2.45) is 0 Å². The second-order valence-corrected chi connectivity index (χ2v) is 7.63. The second kappa shape index (κ2) is 6.65. The maximum Gasteiger partial charge on any atom is 0.186 e. The highest BCUT2D eigenvalue weighted by molar-refractivity contribution is 7.22. The maximum absolute atomic E-state index is 5.44. The van der Waals surface area contributed by atoms with Crippen LogP contribution in [0.3, 0.4) is 0 Å². The molecule has 1 saturated carbocycles. The number of rotatable bonds is 3. The van der Waals surface area contributed by atoms with Crippen LogP contribution in [-0.2, 0) is 0 Å². The van der Waals surface area contributed by atoms with Gasteiger partial charge in [0.1, 0.15) is 11.3 Å². The molecule has 0 radical (unpaired) electrons. The zero-order valence-electron chi connectivity index (χ0n) is 13.8. The number of ether oxygens (including phenoxy) is 1. The Bertz CT molecular complexity index is 657. The number of nitrogens with zero attached hydrogens (tertiary/aromatic N) is 3. The second-order valence-electron chi connectivity index (χ2n) is 6.62. The van der Waals surface area contributed by atoms with Gasteiger partial charge in [0.05, 0.1) is 11.8 Å². The minimum Gasteiger partial charge on any atom is -0.494 e. The lowest BCUT2D eigenvalue weighted by Crippen LogP contribution is -2.50. The summed E-state index contributed by atoms with van der Waals surface area (Å²) in [4.78, 5) is 10.0. The number of aromatic nitrogens is 1. The van der Waals surface area contributed by atoms with Gasteiger partial charge in [0.2, 0.25) is 0 Å². The van der Waals surface area contributed by atoms with Crippen molar-refractivity contribution >= 4 is 26.7 Å². The van der Waals surface area contributed by atoms with Crippen molar-refractivity contribution in [3.8, 4) is 5.75 Å². The van der Waals surface area contributed by atoms with E-state index in [1.165, 1.54) is 49.9 Å². The normalized spacial score (nSPS) is 21.0. The van der Waals surface area contributed by atoms with Gasteiger partial charge >= 0.3 is 0 Å². The summed E-state index contributed by atoms with van der Waals surface area (Å²) in [5.74, 6) is 0.880. The van der Waals surface area contributed by atoms with E-state index in [4.69, 9.17) is 9.72 Å². The van der Waals surface area contributed by atoms with Crippen molar-refractivity contribution in [3.05, 3.63) is 18.2 Å². The van der Waals surface area contributed by atoms with Gasteiger partial charge in [-0.25, -0.2) is 4.98 Å². The van der Waals surface area contributed by atoms with Gasteiger partial charge in [-0.15, -0.1) is 0 Å². The number of anilines is 1. The summed E-state index contributed by atoms with van der Waals surface area (Å²) in [6.45, 7) is 4.55. The van der Waals surface area contributed by atoms with E-state index in [1.54, 1.807) is 18.4 Å². The fourth-order valence-electron chi connectivity index (χ4n) is 3.94. The molecule has 1 aliphatic heterocycles. The van der Waals surface area contributed by atoms with E-state index in [9.17, 15) is 0 Å². The number of methoxy groups -OCH3 is 1. The Labute approximate surface area is 142 Å². The quantitative estimate of drug-likeness (QED) is 0.856. The third-order valence-electron chi connectivity index (χ3n) is 5.27. The molecule has 2 aliphatic rings. The molecule has 0 N–H and O–H groups in total. The summed E-state index contributed by atoms with van der Waals surface area (Å²) >= 11 is 1.79. The lowest BCUT2D eigenvalue weighted by atomic mass is 9.94. The van der Waals surface area contributed by atoms with Gasteiger partial charge in [-0.3, -0.25) is 4.90 Å². The average Bonchev–Trinajstić information content (AvgIpc) is 3.07. The van der Waals surface area contributed by atoms with E-state index in [1.807, 2.05) is 12.1 Å². The molecule has 1 saturated heterocycles. The molecule has 2 heterocycles. The first-order chi connectivity index (χ1) is 11.3. The van der Waals surface area contributed by atoms with Gasteiger partial charge in [-0.2, -0.15) is 0 Å². The van der Waals surface area contributed by atoms with E-state index >= 15 is 0 Å². The van der Waals surface area contributed by atoms with Gasteiger partial charge < -0.3 is 9.64 Å². The molecule has 1 aromatic carbocycles. The van der Waals surface area contributed by atoms with Crippen molar-refractivity contribution in [1.29, 1.82) is 0 Å². The average molecular weight is 331 g/mol. The molecule has 0 bridgehead atoms. The number of piperazine rings is 1. The van der Waals surface area contributed by atoms with Crippen LogP contribution in [0.15, 0.2) is 18.2 Å². The van der Waals surface area contributed by atoms with Crippen LogP contribution in [0.4, 0.5) is 5.13 Å². The predicted octanol–water partition coefficient (Wildman–Crippen LogP) is 3.76. The first-order valence-electron chi connectivity index (χ1n) is 8.78. The number of hydrogen-bond acceptors (Lipinski definition) is 5. The van der Waals surface area contributed by atoms with Crippen LogP contribution in [0.1, 0.15) is 32.1 Å². The minimum absolute atomic E-state index is 0.835. The Morgan fingerprint density at radius 2 is 1.87 bits per heavy atom. The summed E-state index contributed by atoms with van der Waals surface area (Å²) in [5, 5.41) is 1.15. The molecular formula is C18H25N3OS. The zero-order valence-corrected chi connectivity index (χ0v) is 14.6. The molecule has 0 unspecified atom stereocenters. The molecule has 23 heavy (non-hydrogen) atoms. The third-order valence-corrected chi connectivity index (χ3v) is 6.35. The monoisotopic (exact) mass is 331 g/mol. The fourth-order valence-corrected chi connectivity index (χ4v) is 4.97. The molecule has 4 rings (SSSR count). The number of fused-ring (bicyclic) bond motifs is 1. The SMILES string of the molecule is COc1cccc2sc(N3CCN(C4CCCCC4)CC3)nc12. The predicted molar refractivity (Wildman–Crippen MR) is 96.8 cm³/mol. The van der Waals surface area contributed by atoms with Crippen molar-refractivity contribution < 1.29 is 4.74 Å². The minimum atomic E-state index is 0.835. The lowest BCUT2D eigenvalue weighted by Gasteiger charge is -2.40. The molecule has 2 aromatic rings. The number of hydrogen-bond donors (Lipinski definition) is 0. The summed E-state index contributed by atoms with van der Waals surface area (Å²) < 4.78 is 6.66. The number of para-hydroxylation sites is 1. The standard InChI is InChI=1S/C18H25N3OS/c1-22-15-8-5-9-16-17(15)19-18(23-16)21-12-10-20(11-13-21)14-6-3-2-4-7-14/h5,8-9,14H,2-4,6-7,10-13H2,1H3. The molecule has 0 spiro atoms. The number of thiazole rings is 1.